The number of carbonyl (C=O) groups is 2. The number of aliphatic carboxylic acids is 1. The Labute approximate surface area is 230 Å². The van der Waals surface area contributed by atoms with Crippen molar-refractivity contribution >= 4 is 11.8 Å². The van der Waals surface area contributed by atoms with E-state index in [4.69, 9.17) is 9.84 Å². The lowest BCUT2D eigenvalue weighted by Crippen LogP contribution is -2.12. The molecule has 0 heterocycles. The van der Waals surface area contributed by atoms with Crippen molar-refractivity contribution in [2.45, 2.75) is 116 Å². The highest BCUT2D eigenvalue weighted by Crippen LogP contribution is 2.22. The van der Waals surface area contributed by atoms with Gasteiger partial charge in [0.1, 0.15) is 11.9 Å². The molecule has 0 bridgehead atoms. The maximum absolute atomic E-state index is 12.1. The molecule has 0 aliphatic rings. The molecule has 0 aliphatic carbocycles. The van der Waals surface area contributed by atoms with Crippen LogP contribution in [0.5, 0.6) is 5.75 Å². The van der Waals surface area contributed by atoms with Crippen molar-refractivity contribution in [3.63, 3.8) is 0 Å². The largest absolute Gasteiger partial charge is 0.497 e. The maximum atomic E-state index is 12.1. The van der Waals surface area contributed by atoms with Crippen LogP contribution in [0.15, 0.2) is 54.6 Å². The van der Waals surface area contributed by atoms with Crippen LogP contribution >= 0.6 is 0 Å². The number of methoxy groups -OCH3 is 1. The molecule has 2 rings (SSSR count). The highest BCUT2D eigenvalue weighted by atomic mass is 16.5. The number of unbranched alkanes of at least 4 members (excludes halogenated alkanes) is 14. The van der Waals surface area contributed by atoms with Crippen molar-refractivity contribution in [1.82, 2.24) is 0 Å². The maximum Gasteiger partial charge on any atom is 0.303 e. The van der Waals surface area contributed by atoms with Crippen LogP contribution in [0.2, 0.25) is 0 Å². The van der Waals surface area contributed by atoms with E-state index >= 15 is 0 Å². The van der Waals surface area contributed by atoms with E-state index in [1.807, 2.05) is 6.07 Å². The number of ether oxygens (including phenoxy) is 1. The number of rotatable bonds is 20. The van der Waals surface area contributed by atoms with Crippen molar-refractivity contribution in [2.24, 2.45) is 0 Å². The molecule has 0 fully saturated rings. The number of Topliss-reactive ketones (excluding diaryl/α,β-unsaturated/α-hetero) is 1. The number of aliphatic hydroxyl groups excluding tert-OH is 1. The standard InChI is InChI=1S/C18H36O2.C15H14O3/c1-2-3-4-5-6-7-8-9-10-11-12-13-14-15-16-17-18(19)20;1-18-13-9-5-8-12(10-13)15(17)14(16)11-6-3-2-4-7-11/h2-17H2,1H3,(H,19,20);2-10,15,17H,1H3. The summed E-state index contributed by atoms with van der Waals surface area (Å²) in [5.41, 5.74) is 1.02. The summed E-state index contributed by atoms with van der Waals surface area (Å²) in [5.74, 6) is -0.351. The number of ketones is 1. The van der Waals surface area contributed by atoms with E-state index in [0.29, 0.717) is 23.3 Å². The van der Waals surface area contributed by atoms with Crippen molar-refractivity contribution in [3.05, 3.63) is 65.7 Å². The average molecular weight is 527 g/mol. The Morgan fingerprint density at radius 2 is 1.21 bits per heavy atom. The predicted molar refractivity (Wildman–Crippen MR) is 156 cm³/mol. The minimum absolute atomic E-state index is 0.316. The molecule has 2 aromatic carbocycles. The van der Waals surface area contributed by atoms with E-state index in [1.54, 1.807) is 55.6 Å². The molecule has 38 heavy (non-hydrogen) atoms. The molecule has 0 amide bonds. The Bertz CT molecular complexity index is 865. The van der Waals surface area contributed by atoms with Crippen LogP contribution in [0.1, 0.15) is 132 Å². The third-order valence-electron chi connectivity index (χ3n) is 6.71. The Morgan fingerprint density at radius 1 is 0.711 bits per heavy atom. The molecule has 5 heteroatoms. The van der Waals surface area contributed by atoms with E-state index in [-0.39, 0.29) is 5.78 Å². The second-order valence-corrected chi connectivity index (χ2v) is 10.0. The zero-order valence-electron chi connectivity index (χ0n) is 23.7. The SMILES string of the molecule is CCCCCCCCCCCCCCCCCC(=O)O.COc1cccc(C(O)C(=O)c2ccccc2)c1. The van der Waals surface area contributed by atoms with Gasteiger partial charge < -0.3 is 14.9 Å². The van der Waals surface area contributed by atoms with Gasteiger partial charge in [0.15, 0.2) is 5.78 Å². The van der Waals surface area contributed by atoms with Gasteiger partial charge in [0.25, 0.3) is 0 Å². The fourth-order valence-electron chi connectivity index (χ4n) is 4.37. The topological polar surface area (TPSA) is 83.8 Å². The highest BCUT2D eigenvalue weighted by molar-refractivity contribution is 5.99. The molecule has 0 radical (unpaired) electrons. The zero-order valence-corrected chi connectivity index (χ0v) is 23.7. The van der Waals surface area contributed by atoms with Gasteiger partial charge in [0.2, 0.25) is 0 Å². The monoisotopic (exact) mass is 526 g/mol. The Morgan fingerprint density at radius 3 is 1.68 bits per heavy atom. The minimum atomic E-state index is -1.16. The summed E-state index contributed by atoms with van der Waals surface area (Å²) in [6.45, 7) is 2.27. The number of hydrogen-bond acceptors (Lipinski definition) is 4. The van der Waals surface area contributed by atoms with Crippen molar-refractivity contribution in [3.8, 4) is 5.75 Å². The van der Waals surface area contributed by atoms with Crippen LogP contribution in [0.3, 0.4) is 0 Å². The summed E-state index contributed by atoms with van der Waals surface area (Å²) < 4.78 is 5.07. The molecule has 0 spiro atoms. The molecule has 0 aliphatic heterocycles. The van der Waals surface area contributed by atoms with E-state index in [2.05, 4.69) is 6.92 Å². The Kier molecular flexibility index (Phi) is 19.6. The summed E-state index contributed by atoms with van der Waals surface area (Å²) in [5, 5.41) is 18.6. The van der Waals surface area contributed by atoms with Crippen molar-refractivity contribution in [2.75, 3.05) is 7.11 Å². The molecular formula is C33H50O5. The van der Waals surface area contributed by atoms with Gasteiger partial charge in [-0.3, -0.25) is 9.59 Å². The summed E-state index contributed by atoms with van der Waals surface area (Å²) >= 11 is 0. The smallest absolute Gasteiger partial charge is 0.303 e. The minimum Gasteiger partial charge on any atom is -0.497 e. The number of benzene rings is 2. The number of carboxylic acids is 1. The fourth-order valence-corrected chi connectivity index (χ4v) is 4.37. The first-order valence-electron chi connectivity index (χ1n) is 14.6. The third-order valence-corrected chi connectivity index (χ3v) is 6.71. The number of aliphatic hydroxyl groups is 1. The van der Waals surface area contributed by atoms with E-state index < -0.39 is 12.1 Å². The molecule has 2 aromatic rings. The first-order valence-corrected chi connectivity index (χ1v) is 14.6. The predicted octanol–water partition coefficient (Wildman–Crippen LogP) is 8.94. The van der Waals surface area contributed by atoms with Crippen LogP contribution < -0.4 is 4.74 Å². The van der Waals surface area contributed by atoms with Gasteiger partial charge in [0.05, 0.1) is 7.11 Å². The molecule has 5 nitrogen and oxygen atoms in total. The van der Waals surface area contributed by atoms with Gasteiger partial charge in [-0.05, 0) is 24.1 Å². The van der Waals surface area contributed by atoms with Crippen LogP contribution in [0, 0.1) is 0 Å². The van der Waals surface area contributed by atoms with Crippen LogP contribution in [0.4, 0.5) is 0 Å². The Balaban J connectivity index is 0.000000381. The normalized spacial score (nSPS) is 11.3. The summed E-state index contributed by atoms with van der Waals surface area (Å²) in [6.07, 6.45) is 19.0. The van der Waals surface area contributed by atoms with E-state index in [1.165, 1.54) is 83.5 Å². The highest BCUT2D eigenvalue weighted by Gasteiger charge is 2.19. The first kappa shape index (κ1) is 33.4. The molecule has 0 saturated heterocycles. The van der Waals surface area contributed by atoms with Crippen molar-refractivity contribution in [1.29, 1.82) is 0 Å². The second kappa shape index (κ2) is 22.3. The number of carbonyl (C=O) groups excluding carboxylic acids is 1. The average Bonchev–Trinajstić information content (AvgIpc) is 2.95. The lowest BCUT2D eigenvalue weighted by atomic mass is 10.00. The second-order valence-electron chi connectivity index (χ2n) is 10.0. The zero-order chi connectivity index (χ0) is 27.8. The van der Waals surface area contributed by atoms with Gasteiger partial charge >= 0.3 is 5.97 Å². The van der Waals surface area contributed by atoms with Crippen LogP contribution in [-0.4, -0.2) is 29.1 Å². The van der Waals surface area contributed by atoms with Crippen LogP contribution in [-0.2, 0) is 4.79 Å². The van der Waals surface area contributed by atoms with Gasteiger partial charge in [-0.2, -0.15) is 0 Å². The lowest BCUT2D eigenvalue weighted by molar-refractivity contribution is -0.137. The number of hydrogen-bond donors (Lipinski definition) is 2. The van der Waals surface area contributed by atoms with Gasteiger partial charge in [0, 0.05) is 12.0 Å². The molecule has 1 atom stereocenters. The van der Waals surface area contributed by atoms with Gasteiger partial charge in [-0.25, -0.2) is 0 Å². The number of carboxylic acid groups (broad SMARTS) is 1. The van der Waals surface area contributed by atoms with E-state index in [0.717, 1.165) is 12.8 Å². The molecule has 1 unspecified atom stereocenters. The quantitative estimate of drug-likeness (QED) is 0.133. The summed E-state index contributed by atoms with van der Waals surface area (Å²) in [7, 11) is 1.55. The lowest BCUT2D eigenvalue weighted by Gasteiger charge is -2.11. The third kappa shape index (κ3) is 16.2. The molecule has 212 valence electrons. The Hall–Kier alpha value is -2.66. The summed E-state index contributed by atoms with van der Waals surface area (Å²) in [6, 6.07) is 15.6. The summed E-state index contributed by atoms with van der Waals surface area (Å²) in [4.78, 5) is 22.4. The molecule has 0 saturated carbocycles. The van der Waals surface area contributed by atoms with Crippen molar-refractivity contribution < 1.29 is 24.5 Å². The van der Waals surface area contributed by atoms with Gasteiger partial charge in [-0.15, -0.1) is 0 Å². The first-order chi connectivity index (χ1) is 18.5. The van der Waals surface area contributed by atoms with Gasteiger partial charge in [-0.1, -0.05) is 139 Å². The molecule has 0 aromatic heterocycles. The van der Waals surface area contributed by atoms with E-state index in [9.17, 15) is 14.7 Å². The van der Waals surface area contributed by atoms with Crippen LogP contribution in [0.25, 0.3) is 0 Å². The molecular weight excluding hydrogens is 476 g/mol. The molecule has 2 N–H and O–H groups in total. The fraction of sp³-hybridized carbons (Fsp3) is 0.576.